The lowest BCUT2D eigenvalue weighted by atomic mass is 9.68. The molecule has 126 valence electrons. The smallest absolute Gasteiger partial charge is 0.0704 e. The Balaban J connectivity index is 1.77. The van der Waals surface area contributed by atoms with Crippen molar-refractivity contribution in [2.75, 3.05) is 46.2 Å². The average Bonchev–Trinajstić information content (AvgIpc) is 2.47. The first-order chi connectivity index (χ1) is 10.1. The summed E-state index contributed by atoms with van der Waals surface area (Å²) >= 11 is 6.15. The Bertz CT molecular complexity index is 261. The van der Waals surface area contributed by atoms with E-state index >= 15 is 0 Å². The minimum Gasteiger partial charge on any atom is -0.379 e. The van der Waals surface area contributed by atoms with Crippen LogP contribution in [-0.2, 0) is 18.9 Å². The molecule has 1 fully saturated rings. The van der Waals surface area contributed by atoms with Gasteiger partial charge in [0, 0.05) is 17.4 Å². The summed E-state index contributed by atoms with van der Waals surface area (Å²) < 4.78 is 22.1. The van der Waals surface area contributed by atoms with E-state index in [1.54, 1.807) is 0 Å². The second-order valence-electron chi connectivity index (χ2n) is 6.07. The van der Waals surface area contributed by atoms with Gasteiger partial charge in [0.15, 0.2) is 0 Å². The van der Waals surface area contributed by atoms with Gasteiger partial charge in [0.1, 0.15) is 0 Å². The van der Waals surface area contributed by atoms with E-state index in [0.29, 0.717) is 39.6 Å². The van der Waals surface area contributed by atoms with Crippen LogP contribution >= 0.6 is 11.6 Å². The number of unbranched alkanes of at least 4 members (excludes halogenated alkanes) is 1. The van der Waals surface area contributed by atoms with E-state index in [1.807, 2.05) is 0 Å². The highest BCUT2D eigenvalue weighted by Gasteiger charge is 2.47. The molecule has 0 aromatic heterocycles. The molecular formula is C16H31ClO4. The standard InChI is InChI=1S/C16H31ClO4/c1-4-5-6-18-7-8-19-9-10-20-11-12-21-15-13-14(17)16(15,2)3/h14-15H,4-13H2,1-3H3. The van der Waals surface area contributed by atoms with Crippen LogP contribution in [-0.4, -0.2) is 57.7 Å². The van der Waals surface area contributed by atoms with Crippen molar-refractivity contribution in [3.8, 4) is 0 Å². The quantitative estimate of drug-likeness (QED) is 0.385. The number of hydrogen-bond donors (Lipinski definition) is 0. The van der Waals surface area contributed by atoms with E-state index in [0.717, 1.165) is 19.4 Å². The number of alkyl halides is 1. The van der Waals surface area contributed by atoms with Gasteiger partial charge in [0.05, 0.1) is 45.7 Å². The summed E-state index contributed by atoms with van der Waals surface area (Å²) in [6, 6.07) is 0. The maximum absolute atomic E-state index is 6.15. The molecule has 5 heteroatoms. The summed E-state index contributed by atoms with van der Waals surface area (Å²) in [4.78, 5) is 0. The van der Waals surface area contributed by atoms with Gasteiger partial charge in [-0.3, -0.25) is 0 Å². The third kappa shape index (κ3) is 7.29. The zero-order valence-corrected chi connectivity index (χ0v) is 14.5. The highest BCUT2D eigenvalue weighted by molar-refractivity contribution is 6.21. The molecule has 0 aromatic rings. The first-order valence-corrected chi connectivity index (χ1v) is 8.51. The minimum absolute atomic E-state index is 0.0858. The second kappa shape index (κ2) is 10.8. The molecule has 1 aliphatic carbocycles. The van der Waals surface area contributed by atoms with Crippen LogP contribution in [0.4, 0.5) is 0 Å². The lowest BCUT2D eigenvalue weighted by Crippen LogP contribution is -2.52. The van der Waals surface area contributed by atoms with Gasteiger partial charge >= 0.3 is 0 Å². The Kier molecular flexibility index (Phi) is 9.85. The van der Waals surface area contributed by atoms with Crippen LogP contribution in [0.1, 0.15) is 40.0 Å². The van der Waals surface area contributed by atoms with Crippen molar-refractivity contribution in [1.29, 1.82) is 0 Å². The van der Waals surface area contributed by atoms with Gasteiger partial charge in [0.2, 0.25) is 0 Å². The van der Waals surface area contributed by atoms with Gasteiger partial charge in [-0.15, -0.1) is 11.6 Å². The molecule has 0 N–H and O–H groups in total. The lowest BCUT2D eigenvalue weighted by molar-refractivity contribution is -0.104. The summed E-state index contributed by atoms with van der Waals surface area (Å²) in [5.74, 6) is 0. The first-order valence-electron chi connectivity index (χ1n) is 8.08. The molecule has 0 spiro atoms. The van der Waals surface area contributed by atoms with Crippen LogP contribution < -0.4 is 0 Å². The van der Waals surface area contributed by atoms with Crippen LogP contribution in [0.25, 0.3) is 0 Å². The fraction of sp³-hybridized carbons (Fsp3) is 1.00. The fourth-order valence-corrected chi connectivity index (χ4v) is 2.46. The van der Waals surface area contributed by atoms with Gasteiger partial charge < -0.3 is 18.9 Å². The molecule has 0 aromatic carbocycles. The highest BCUT2D eigenvalue weighted by atomic mass is 35.5. The molecular weight excluding hydrogens is 292 g/mol. The van der Waals surface area contributed by atoms with Gasteiger partial charge in [-0.25, -0.2) is 0 Å². The molecule has 1 saturated carbocycles. The van der Waals surface area contributed by atoms with E-state index in [9.17, 15) is 0 Å². The summed E-state index contributed by atoms with van der Waals surface area (Å²) in [6.45, 7) is 11.0. The third-order valence-electron chi connectivity index (χ3n) is 3.99. The molecule has 2 unspecified atom stereocenters. The topological polar surface area (TPSA) is 36.9 Å². The molecule has 0 saturated heterocycles. The number of hydrogen-bond acceptors (Lipinski definition) is 4. The van der Waals surface area contributed by atoms with E-state index in [1.165, 1.54) is 6.42 Å². The van der Waals surface area contributed by atoms with Crippen molar-refractivity contribution in [3.05, 3.63) is 0 Å². The van der Waals surface area contributed by atoms with E-state index in [4.69, 9.17) is 30.5 Å². The lowest BCUT2D eigenvalue weighted by Gasteiger charge is -2.48. The van der Waals surface area contributed by atoms with Crippen LogP contribution in [0.15, 0.2) is 0 Å². The Morgan fingerprint density at radius 1 is 0.905 bits per heavy atom. The average molecular weight is 323 g/mol. The van der Waals surface area contributed by atoms with Crippen LogP contribution in [0.5, 0.6) is 0 Å². The van der Waals surface area contributed by atoms with Crippen molar-refractivity contribution in [2.45, 2.75) is 51.5 Å². The Labute approximate surface area is 134 Å². The van der Waals surface area contributed by atoms with Crippen LogP contribution in [0.3, 0.4) is 0 Å². The van der Waals surface area contributed by atoms with Crippen LogP contribution in [0, 0.1) is 5.41 Å². The molecule has 2 atom stereocenters. The number of halogens is 1. The Morgan fingerprint density at radius 3 is 1.90 bits per heavy atom. The molecule has 21 heavy (non-hydrogen) atoms. The Hall–Kier alpha value is 0.130. The highest BCUT2D eigenvalue weighted by Crippen LogP contribution is 2.46. The van der Waals surface area contributed by atoms with Gasteiger partial charge in [0.25, 0.3) is 0 Å². The SMILES string of the molecule is CCCCOCCOCCOCCOC1CC(Cl)C1(C)C. The minimum atomic E-state index is 0.0858. The van der Waals surface area contributed by atoms with Crippen molar-refractivity contribution in [1.82, 2.24) is 0 Å². The molecule has 0 radical (unpaired) electrons. The van der Waals surface area contributed by atoms with Crippen LogP contribution in [0.2, 0.25) is 0 Å². The number of rotatable bonds is 13. The summed E-state index contributed by atoms with van der Waals surface area (Å²) in [5, 5.41) is 0.233. The molecule has 1 aliphatic rings. The van der Waals surface area contributed by atoms with E-state index in [2.05, 4.69) is 20.8 Å². The maximum atomic E-state index is 6.15. The molecule has 4 nitrogen and oxygen atoms in total. The first kappa shape index (κ1) is 19.2. The predicted octanol–water partition coefficient (Wildman–Crippen LogP) is 3.26. The normalized spacial score (nSPS) is 24.0. The van der Waals surface area contributed by atoms with Crippen molar-refractivity contribution in [2.24, 2.45) is 5.41 Å². The zero-order valence-electron chi connectivity index (χ0n) is 13.7. The monoisotopic (exact) mass is 322 g/mol. The Morgan fingerprint density at radius 2 is 1.43 bits per heavy atom. The predicted molar refractivity (Wildman–Crippen MR) is 85.1 cm³/mol. The second-order valence-corrected chi connectivity index (χ2v) is 6.60. The zero-order chi connectivity index (χ0) is 15.6. The summed E-state index contributed by atoms with van der Waals surface area (Å²) in [5.41, 5.74) is 0.0858. The molecule has 0 heterocycles. The van der Waals surface area contributed by atoms with Crippen molar-refractivity contribution in [3.63, 3.8) is 0 Å². The maximum Gasteiger partial charge on any atom is 0.0704 e. The molecule has 0 amide bonds. The van der Waals surface area contributed by atoms with E-state index < -0.39 is 0 Å². The summed E-state index contributed by atoms with van der Waals surface area (Å²) in [6.07, 6.45) is 3.49. The fourth-order valence-electron chi connectivity index (χ4n) is 2.16. The van der Waals surface area contributed by atoms with Gasteiger partial charge in [-0.1, -0.05) is 27.2 Å². The van der Waals surface area contributed by atoms with Crippen molar-refractivity contribution < 1.29 is 18.9 Å². The number of ether oxygens (including phenoxy) is 4. The third-order valence-corrected chi connectivity index (χ3v) is 4.73. The largest absolute Gasteiger partial charge is 0.379 e. The molecule has 0 aliphatic heterocycles. The van der Waals surface area contributed by atoms with Gasteiger partial charge in [-0.05, 0) is 12.8 Å². The van der Waals surface area contributed by atoms with E-state index in [-0.39, 0.29) is 16.9 Å². The summed E-state index contributed by atoms with van der Waals surface area (Å²) in [7, 11) is 0. The molecule has 0 bridgehead atoms. The molecule has 1 rings (SSSR count). The van der Waals surface area contributed by atoms with Crippen molar-refractivity contribution >= 4 is 11.6 Å². The van der Waals surface area contributed by atoms with Gasteiger partial charge in [-0.2, -0.15) is 0 Å².